The molecule has 8 heteroatoms. The summed E-state index contributed by atoms with van der Waals surface area (Å²) in [6.45, 7) is 0. The normalized spacial score (nSPS) is 13.2. The molecule has 0 saturated heterocycles. The largest absolute Gasteiger partial charge is 0.618 e. The number of benzene rings is 3. The van der Waals surface area contributed by atoms with E-state index in [2.05, 4.69) is 0 Å². The molecule has 36 heavy (non-hydrogen) atoms. The third-order valence-electron chi connectivity index (χ3n) is 6.29. The van der Waals surface area contributed by atoms with E-state index in [9.17, 15) is 23.9 Å². The van der Waals surface area contributed by atoms with Crippen molar-refractivity contribution in [2.75, 3.05) is 0 Å². The van der Waals surface area contributed by atoms with Gasteiger partial charge in [-0.05, 0) is 47.9 Å². The van der Waals surface area contributed by atoms with Gasteiger partial charge in [-0.25, -0.2) is 13.6 Å². The van der Waals surface area contributed by atoms with Gasteiger partial charge >= 0.3 is 5.97 Å². The van der Waals surface area contributed by atoms with E-state index in [0.29, 0.717) is 34.7 Å². The van der Waals surface area contributed by atoms with Gasteiger partial charge in [0.05, 0.1) is 33.3 Å². The number of carboxylic acid groups (broad SMARTS) is 1. The number of pyridine rings is 1. The second-order valence-corrected chi connectivity index (χ2v) is 8.96. The number of aromatic nitrogens is 1. The molecule has 1 aromatic heterocycles. The first-order valence-corrected chi connectivity index (χ1v) is 11.5. The van der Waals surface area contributed by atoms with Gasteiger partial charge in [0.15, 0.2) is 12.0 Å². The third kappa shape index (κ3) is 4.45. The Morgan fingerprint density at radius 3 is 2.58 bits per heavy atom. The second kappa shape index (κ2) is 9.51. The predicted molar refractivity (Wildman–Crippen MR) is 133 cm³/mol. The molecule has 1 N–H and O–H groups in total. The van der Waals surface area contributed by atoms with Crippen LogP contribution in [0, 0.1) is 16.8 Å². The van der Waals surface area contributed by atoms with Crippen LogP contribution >= 0.6 is 11.6 Å². The monoisotopic (exact) mass is 504 g/mol. The Labute approximate surface area is 210 Å². The lowest BCUT2D eigenvalue weighted by atomic mass is 9.88. The second-order valence-electron chi connectivity index (χ2n) is 8.56. The zero-order valence-corrected chi connectivity index (χ0v) is 19.5. The lowest BCUT2D eigenvalue weighted by Crippen LogP contribution is -2.36. The van der Waals surface area contributed by atoms with Gasteiger partial charge in [-0.2, -0.15) is 4.73 Å². The molecule has 4 aromatic rings. The van der Waals surface area contributed by atoms with Crippen molar-refractivity contribution in [2.24, 2.45) is 4.99 Å². The number of fused-ring (bicyclic) bond motifs is 1. The lowest BCUT2D eigenvalue weighted by Gasteiger charge is -2.18. The fourth-order valence-electron chi connectivity index (χ4n) is 4.49. The number of rotatable bonds is 6. The smallest absolute Gasteiger partial charge is 0.335 e. The first kappa shape index (κ1) is 23.6. The van der Waals surface area contributed by atoms with Crippen molar-refractivity contribution < 1.29 is 23.4 Å². The van der Waals surface area contributed by atoms with Crippen molar-refractivity contribution in [3.05, 3.63) is 123 Å². The SMILES string of the molecule is O=C(O)c1ccc2c(c1)N=C([C@H](Cc1ccccc1)c1ccc(-c3c(F)ccc(Cl)c3F)c[n+]1[O-])C2. The van der Waals surface area contributed by atoms with Crippen LogP contribution in [0.4, 0.5) is 14.5 Å². The Hall–Kier alpha value is -4.10. The van der Waals surface area contributed by atoms with Crippen molar-refractivity contribution >= 4 is 29.0 Å². The molecule has 3 aromatic carbocycles. The molecule has 0 saturated carbocycles. The molecule has 0 bridgehead atoms. The molecule has 0 aliphatic carbocycles. The van der Waals surface area contributed by atoms with E-state index < -0.39 is 23.5 Å². The number of halogens is 3. The summed E-state index contributed by atoms with van der Waals surface area (Å²) in [5, 5.41) is 22.3. The number of nitrogens with zero attached hydrogens (tertiary/aromatic N) is 2. The van der Waals surface area contributed by atoms with Crippen LogP contribution < -0.4 is 4.73 Å². The van der Waals surface area contributed by atoms with Crippen molar-refractivity contribution in [1.29, 1.82) is 0 Å². The first-order chi connectivity index (χ1) is 17.3. The Bertz CT molecular complexity index is 1520. The van der Waals surface area contributed by atoms with Gasteiger partial charge in [-0.15, -0.1) is 0 Å². The summed E-state index contributed by atoms with van der Waals surface area (Å²) in [4.78, 5) is 16.1. The molecule has 5 rings (SSSR count). The van der Waals surface area contributed by atoms with E-state index in [1.54, 1.807) is 12.1 Å². The van der Waals surface area contributed by atoms with Crippen LogP contribution in [-0.4, -0.2) is 16.8 Å². The van der Waals surface area contributed by atoms with Crippen LogP contribution in [0.1, 0.15) is 33.1 Å². The van der Waals surface area contributed by atoms with Crippen LogP contribution in [0.2, 0.25) is 5.02 Å². The highest BCUT2D eigenvalue weighted by atomic mass is 35.5. The molecule has 5 nitrogen and oxygen atoms in total. The van der Waals surface area contributed by atoms with Gasteiger partial charge in [0.1, 0.15) is 5.82 Å². The molecule has 1 atom stereocenters. The molecule has 1 aliphatic heterocycles. The number of aliphatic imine (C=N–C) groups is 1. The highest BCUT2D eigenvalue weighted by Crippen LogP contribution is 2.35. The predicted octanol–water partition coefficient (Wildman–Crippen LogP) is 6.27. The molecule has 0 radical (unpaired) electrons. The number of carbonyl (C=O) groups is 1. The summed E-state index contributed by atoms with van der Waals surface area (Å²) < 4.78 is 29.6. The van der Waals surface area contributed by atoms with Gasteiger partial charge in [0.25, 0.3) is 0 Å². The summed E-state index contributed by atoms with van der Waals surface area (Å²) in [6.07, 6.45) is 2.04. The molecule has 0 fully saturated rings. The lowest BCUT2D eigenvalue weighted by molar-refractivity contribution is -0.614. The van der Waals surface area contributed by atoms with Crippen LogP contribution in [0.3, 0.4) is 0 Å². The maximum Gasteiger partial charge on any atom is 0.335 e. The molecule has 0 unspecified atom stereocenters. The summed E-state index contributed by atoms with van der Waals surface area (Å²) in [5.74, 6) is -3.25. The Morgan fingerprint density at radius 2 is 1.86 bits per heavy atom. The fraction of sp³-hybridized carbons (Fsp3) is 0.107. The minimum Gasteiger partial charge on any atom is -0.618 e. The summed E-state index contributed by atoms with van der Waals surface area (Å²) in [7, 11) is 0. The summed E-state index contributed by atoms with van der Waals surface area (Å²) >= 11 is 5.83. The number of hydrogen-bond acceptors (Lipinski definition) is 3. The topological polar surface area (TPSA) is 76.6 Å². The molecule has 0 spiro atoms. The van der Waals surface area contributed by atoms with Gasteiger partial charge in [-0.1, -0.05) is 48.0 Å². The average Bonchev–Trinajstić information content (AvgIpc) is 3.29. The van der Waals surface area contributed by atoms with Crippen molar-refractivity contribution in [3.63, 3.8) is 0 Å². The Balaban J connectivity index is 1.57. The minimum absolute atomic E-state index is 0.0625. The zero-order chi connectivity index (χ0) is 25.4. The van der Waals surface area contributed by atoms with E-state index in [4.69, 9.17) is 16.6 Å². The molecule has 0 amide bonds. The molecular weight excluding hydrogens is 486 g/mol. The van der Waals surface area contributed by atoms with E-state index in [1.807, 2.05) is 30.3 Å². The number of carboxylic acids is 1. The fourth-order valence-corrected chi connectivity index (χ4v) is 4.64. The zero-order valence-electron chi connectivity index (χ0n) is 18.8. The Kier molecular flexibility index (Phi) is 6.24. The van der Waals surface area contributed by atoms with Crippen LogP contribution in [0.25, 0.3) is 11.1 Å². The minimum atomic E-state index is -1.05. The van der Waals surface area contributed by atoms with Crippen LogP contribution in [-0.2, 0) is 12.8 Å². The maximum absolute atomic E-state index is 14.6. The highest BCUT2D eigenvalue weighted by Gasteiger charge is 2.31. The molecular formula is C28H19ClF2N2O3. The quantitative estimate of drug-likeness (QED) is 0.191. The van der Waals surface area contributed by atoms with Gasteiger partial charge in [-0.3, -0.25) is 4.99 Å². The van der Waals surface area contributed by atoms with E-state index in [1.165, 1.54) is 18.2 Å². The van der Waals surface area contributed by atoms with E-state index >= 15 is 0 Å². The third-order valence-corrected chi connectivity index (χ3v) is 6.58. The van der Waals surface area contributed by atoms with Crippen molar-refractivity contribution in [3.8, 4) is 11.1 Å². The van der Waals surface area contributed by atoms with Gasteiger partial charge in [0.2, 0.25) is 5.69 Å². The van der Waals surface area contributed by atoms with E-state index in [0.717, 1.165) is 29.5 Å². The summed E-state index contributed by atoms with van der Waals surface area (Å²) in [5.41, 5.74) is 3.28. The number of hydrogen-bond donors (Lipinski definition) is 1. The molecule has 2 heterocycles. The van der Waals surface area contributed by atoms with Crippen molar-refractivity contribution in [2.45, 2.75) is 18.8 Å². The highest BCUT2D eigenvalue weighted by molar-refractivity contribution is 6.31. The molecule has 1 aliphatic rings. The number of aromatic carboxylic acids is 1. The Morgan fingerprint density at radius 1 is 1.08 bits per heavy atom. The van der Waals surface area contributed by atoms with Crippen LogP contribution in [0.5, 0.6) is 0 Å². The van der Waals surface area contributed by atoms with Gasteiger partial charge in [0, 0.05) is 18.2 Å². The molecule has 180 valence electrons. The van der Waals surface area contributed by atoms with E-state index in [-0.39, 0.29) is 21.7 Å². The summed E-state index contributed by atoms with van der Waals surface area (Å²) in [6, 6.07) is 19.6. The first-order valence-electron chi connectivity index (χ1n) is 11.2. The van der Waals surface area contributed by atoms with Crippen LogP contribution in [0.15, 0.2) is 84.0 Å². The average molecular weight is 505 g/mol. The maximum atomic E-state index is 14.6. The van der Waals surface area contributed by atoms with Crippen molar-refractivity contribution in [1.82, 2.24) is 0 Å². The van der Waals surface area contributed by atoms with Gasteiger partial charge < -0.3 is 10.3 Å². The standard InChI is InChI=1S/C28H19ClF2N2O3/c29-21-9-10-22(30)26(27(21)31)19-8-11-25(33(36)15-19)20(12-16-4-2-1-3-5-16)24-13-17-6-7-18(28(34)35)14-23(17)32-24/h1-11,14-15,20H,12-13H2,(H,34,35)/t20-/m0/s1.